The van der Waals surface area contributed by atoms with Gasteiger partial charge in [0.15, 0.2) is 11.6 Å². The molecule has 2 aromatic rings. The van der Waals surface area contributed by atoms with Gasteiger partial charge in [-0.2, -0.15) is 0 Å². The molecule has 0 bridgehead atoms. The van der Waals surface area contributed by atoms with Crippen molar-refractivity contribution in [1.82, 2.24) is 4.72 Å². The maximum atomic E-state index is 13.1. The highest BCUT2D eigenvalue weighted by molar-refractivity contribution is 9.10. The number of halogens is 3. The Morgan fingerprint density at radius 3 is 2.48 bits per heavy atom. The fourth-order valence-corrected chi connectivity index (χ4v) is 3.33. The van der Waals surface area contributed by atoms with Crippen LogP contribution in [0.15, 0.2) is 45.8 Å². The van der Waals surface area contributed by atoms with Gasteiger partial charge in [-0.25, -0.2) is 21.9 Å². The Morgan fingerprint density at radius 1 is 1.10 bits per heavy atom. The maximum Gasteiger partial charge on any atom is 0.242 e. The van der Waals surface area contributed by atoms with Crippen LogP contribution in [0.1, 0.15) is 5.56 Å². The standard InChI is InChI=1S/C13H11BrF2N2O2S/c14-9-2-4-12(17)13(6-9)21(19,20)18-7-8-1-3-10(15)11(16)5-8/h1-6,18H,7,17H2. The van der Waals surface area contributed by atoms with Crippen LogP contribution < -0.4 is 10.5 Å². The molecule has 0 radical (unpaired) electrons. The van der Waals surface area contributed by atoms with Gasteiger partial charge in [-0.05, 0) is 35.9 Å². The number of sulfonamides is 1. The van der Waals surface area contributed by atoms with Crippen LogP contribution in [-0.2, 0) is 16.6 Å². The van der Waals surface area contributed by atoms with E-state index in [2.05, 4.69) is 20.7 Å². The van der Waals surface area contributed by atoms with Gasteiger partial charge in [-0.15, -0.1) is 0 Å². The highest BCUT2D eigenvalue weighted by Crippen LogP contribution is 2.23. The fraction of sp³-hybridized carbons (Fsp3) is 0.0769. The molecule has 0 aliphatic heterocycles. The molecule has 0 aliphatic carbocycles. The third kappa shape index (κ3) is 3.78. The molecule has 0 fully saturated rings. The number of benzene rings is 2. The Bertz CT molecular complexity index is 782. The summed E-state index contributed by atoms with van der Waals surface area (Å²) in [6.07, 6.45) is 0. The monoisotopic (exact) mass is 376 g/mol. The highest BCUT2D eigenvalue weighted by Gasteiger charge is 2.17. The van der Waals surface area contributed by atoms with Gasteiger partial charge in [0.05, 0.1) is 5.69 Å². The Balaban J connectivity index is 2.21. The molecular weight excluding hydrogens is 366 g/mol. The van der Waals surface area contributed by atoms with Gasteiger partial charge in [0.1, 0.15) is 4.90 Å². The average molecular weight is 377 g/mol. The molecule has 0 spiro atoms. The van der Waals surface area contributed by atoms with Crippen molar-refractivity contribution in [2.45, 2.75) is 11.4 Å². The van der Waals surface area contributed by atoms with E-state index in [0.29, 0.717) is 10.0 Å². The Labute approximate surface area is 129 Å². The lowest BCUT2D eigenvalue weighted by molar-refractivity contribution is 0.506. The van der Waals surface area contributed by atoms with Crippen molar-refractivity contribution in [1.29, 1.82) is 0 Å². The zero-order chi connectivity index (χ0) is 15.6. The lowest BCUT2D eigenvalue weighted by Gasteiger charge is -2.10. The summed E-state index contributed by atoms with van der Waals surface area (Å²) in [4.78, 5) is -0.0838. The van der Waals surface area contributed by atoms with Gasteiger partial charge in [0.25, 0.3) is 0 Å². The van der Waals surface area contributed by atoms with Crippen molar-refractivity contribution >= 4 is 31.6 Å². The summed E-state index contributed by atoms with van der Waals surface area (Å²) < 4.78 is 53.0. The second kappa shape index (κ2) is 6.08. The maximum absolute atomic E-state index is 13.1. The van der Waals surface area contributed by atoms with Crippen LogP contribution >= 0.6 is 15.9 Å². The zero-order valence-corrected chi connectivity index (χ0v) is 13.0. The SMILES string of the molecule is Nc1ccc(Br)cc1S(=O)(=O)NCc1ccc(F)c(F)c1. The van der Waals surface area contributed by atoms with Crippen molar-refractivity contribution in [3.8, 4) is 0 Å². The van der Waals surface area contributed by atoms with E-state index in [1.807, 2.05) is 0 Å². The van der Waals surface area contributed by atoms with Crippen molar-refractivity contribution in [2.24, 2.45) is 0 Å². The van der Waals surface area contributed by atoms with Gasteiger partial charge in [0, 0.05) is 11.0 Å². The molecule has 0 saturated carbocycles. The third-order valence-electron chi connectivity index (χ3n) is 2.72. The van der Waals surface area contributed by atoms with E-state index >= 15 is 0 Å². The lowest BCUT2D eigenvalue weighted by Crippen LogP contribution is -2.24. The van der Waals surface area contributed by atoms with Gasteiger partial charge >= 0.3 is 0 Å². The number of hydrogen-bond acceptors (Lipinski definition) is 3. The first-order valence-corrected chi connectivity index (χ1v) is 8.06. The van der Waals surface area contributed by atoms with Gasteiger partial charge < -0.3 is 5.73 Å². The predicted molar refractivity (Wildman–Crippen MR) is 78.9 cm³/mol. The van der Waals surface area contributed by atoms with Crippen LogP contribution in [0.2, 0.25) is 0 Å². The second-order valence-corrected chi connectivity index (χ2v) is 6.91. The first kappa shape index (κ1) is 15.9. The predicted octanol–water partition coefficient (Wildman–Crippen LogP) is 2.79. The Morgan fingerprint density at radius 2 is 1.81 bits per heavy atom. The van der Waals surface area contributed by atoms with E-state index < -0.39 is 21.7 Å². The van der Waals surface area contributed by atoms with Crippen LogP contribution in [-0.4, -0.2) is 8.42 Å². The lowest BCUT2D eigenvalue weighted by atomic mass is 10.2. The van der Waals surface area contributed by atoms with E-state index in [4.69, 9.17) is 5.73 Å². The normalized spacial score (nSPS) is 11.6. The van der Waals surface area contributed by atoms with Crippen LogP contribution in [0.25, 0.3) is 0 Å². The minimum atomic E-state index is -3.86. The number of nitrogen functional groups attached to an aromatic ring is 1. The van der Waals surface area contributed by atoms with Crippen LogP contribution in [0.3, 0.4) is 0 Å². The first-order chi connectivity index (χ1) is 9.79. The minimum absolute atomic E-state index is 0.0838. The van der Waals surface area contributed by atoms with E-state index in [-0.39, 0.29) is 17.1 Å². The number of hydrogen-bond donors (Lipinski definition) is 2. The summed E-state index contributed by atoms with van der Waals surface area (Å²) in [6, 6.07) is 7.60. The number of nitrogens with one attached hydrogen (secondary N) is 1. The van der Waals surface area contributed by atoms with Crippen molar-refractivity contribution in [3.05, 3.63) is 58.1 Å². The summed E-state index contributed by atoms with van der Waals surface area (Å²) >= 11 is 3.16. The van der Waals surface area contributed by atoms with E-state index in [1.54, 1.807) is 6.07 Å². The summed E-state index contributed by atoms with van der Waals surface area (Å²) in [5.74, 6) is -2.02. The van der Waals surface area contributed by atoms with Gasteiger partial charge in [-0.1, -0.05) is 22.0 Å². The second-order valence-electron chi connectivity index (χ2n) is 4.26. The average Bonchev–Trinajstić information content (AvgIpc) is 2.43. The van der Waals surface area contributed by atoms with Crippen molar-refractivity contribution in [3.63, 3.8) is 0 Å². The Hall–Kier alpha value is -1.51. The molecule has 0 unspecified atom stereocenters. The zero-order valence-electron chi connectivity index (χ0n) is 10.6. The molecule has 2 aromatic carbocycles. The smallest absolute Gasteiger partial charge is 0.242 e. The molecule has 0 amide bonds. The third-order valence-corrected chi connectivity index (χ3v) is 4.67. The molecular formula is C13H11BrF2N2O2S. The molecule has 0 aliphatic rings. The minimum Gasteiger partial charge on any atom is -0.398 e. The molecule has 0 heterocycles. The number of anilines is 1. The molecule has 112 valence electrons. The summed E-state index contributed by atoms with van der Waals surface area (Å²) in [6.45, 7) is -0.175. The fourth-order valence-electron chi connectivity index (χ4n) is 1.65. The Kier molecular flexibility index (Phi) is 4.60. The van der Waals surface area contributed by atoms with Crippen LogP contribution in [0, 0.1) is 11.6 Å². The summed E-state index contributed by atoms with van der Waals surface area (Å²) in [5.41, 5.74) is 6.03. The quantitative estimate of drug-likeness (QED) is 0.805. The van der Waals surface area contributed by atoms with Crippen molar-refractivity contribution in [2.75, 3.05) is 5.73 Å². The first-order valence-electron chi connectivity index (χ1n) is 5.78. The summed E-state index contributed by atoms with van der Waals surface area (Å²) in [5, 5.41) is 0. The largest absolute Gasteiger partial charge is 0.398 e. The van der Waals surface area contributed by atoms with E-state index in [1.165, 1.54) is 18.2 Å². The molecule has 21 heavy (non-hydrogen) atoms. The molecule has 8 heteroatoms. The topological polar surface area (TPSA) is 72.2 Å². The molecule has 0 saturated heterocycles. The summed E-state index contributed by atoms with van der Waals surface area (Å²) in [7, 11) is -3.86. The number of rotatable bonds is 4. The van der Waals surface area contributed by atoms with E-state index in [0.717, 1.165) is 12.1 Å². The molecule has 0 aromatic heterocycles. The van der Waals surface area contributed by atoms with Gasteiger partial charge in [-0.3, -0.25) is 0 Å². The van der Waals surface area contributed by atoms with Crippen LogP contribution in [0.5, 0.6) is 0 Å². The molecule has 4 nitrogen and oxygen atoms in total. The molecule has 0 atom stereocenters. The number of nitrogens with two attached hydrogens (primary N) is 1. The van der Waals surface area contributed by atoms with Crippen molar-refractivity contribution < 1.29 is 17.2 Å². The highest BCUT2D eigenvalue weighted by atomic mass is 79.9. The van der Waals surface area contributed by atoms with Gasteiger partial charge in [0.2, 0.25) is 10.0 Å². The van der Waals surface area contributed by atoms with E-state index in [9.17, 15) is 17.2 Å². The van der Waals surface area contributed by atoms with Crippen LogP contribution in [0.4, 0.5) is 14.5 Å². The molecule has 2 rings (SSSR count). The molecule has 3 N–H and O–H groups in total.